The van der Waals surface area contributed by atoms with Crippen LogP contribution in [0.3, 0.4) is 0 Å². The molecule has 2 aromatic heterocycles. The number of aryl methyl sites for hydroxylation is 2. The summed E-state index contributed by atoms with van der Waals surface area (Å²) in [5.74, 6) is 2.20. The van der Waals surface area contributed by atoms with Crippen molar-refractivity contribution in [2.24, 2.45) is 7.05 Å². The van der Waals surface area contributed by atoms with Crippen LogP contribution in [0.4, 0.5) is 5.69 Å². The van der Waals surface area contributed by atoms with Crippen molar-refractivity contribution in [2.45, 2.75) is 25.4 Å². The fourth-order valence-corrected chi connectivity index (χ4v) is 4.64. The molecule has 174 valence electrons. The smallest absolute Gasteiger partial charge is 0.234 e. The van der Waals surface area contributed by atoms with E-state index in [1.54, 1.807) is 18.2 Å². The van der Waals surface area contributed by atoms with Crippen LogP contribution in [0.2, 0.25) is 0 Å². The minimum Gasteiger partial charge on any atom is -0.454 e. The lowest BCUT2D eigenvalue weighted by atomic mass is 10.1. The summed E-state index contributed by atoms with van der Waals surface area (Å²) in [5.41, 5.74) is 5.16. The largest absolute Gasteiger partial charge is 0.454 e. The quantitative estimate of drug-likeness (QED) is 0.402. The molecule has 0 radical (unpaired) electrons. The zero-order chi connectivity index (χ0) is 23.7. The number of carbonyl (C=O) groups excluding carboxylic acids is 1. The van der Waals surface area contributed by atoms with Gasteiger partial charge in [-0.2, -0.15) is 0 Å². The number of anilines is 1. The van der Waals surface area contributed by atoms with Crippen molar-refractivity contribution in [2.75, 3.05) is 17.9 Å². The summed E-state index contributed by atoms with van der Waals surface area (Å²) >= 11 is 1.36. The highest BCUT2D eigenvalue weighted by molar-refractivity contribution is 7.99. The van der Waals surface area contributed by atoms with Crippen LogP contribution < -0.4 is 14.8 Å². The lowest BCUT2D eigenvalue weighted by Gasteiger charge is -2.14. The minimum absolute atomic E-state index is 0.136. The van der Waals surface area contributed by atoms with Crippen LogP contribution in [0, 0.1) is 13.8 Å². The molecular weight excluding hydrogens is 450 g/mol. The molecule has 3 heterocycles. The Morgan fingerprint density at radius 3 is 2.76 bits per heavy atom. The van der Waals surface area contributed by atoms with Crippen LogP contribution in [0.1, 0.15) is 22.6 Å². The Morgan fingerprint density at radius 1 is 1.09 bits per heavy atom. The van der Waals surface area contributed by atoms with E-state index in [1.807, 2.05) is 25.4 Å². The normalized spacial score (nSPS) is 12.2. The van der Waals surface area contributed by atoms with E-state index in [0.29, 0.717) is 28.8 Å². The Bertz CT molecular complexity index is 1360. The third-order valence-corrected chi connectivity index (χ3v) is 6.83. The molecule has 5 rings (SSSR count). The van der Waals surface area contributed by atoms with E-state index in [2.05, 4.69) is 56.7 Å². The predicted molar refractivity (Wildman–Crippen MR) is 131 cm³/mol. The second kappa shape index (κ2) is 9.26. The van der Waals surface area contributed by atoms with Crippen LogP contribution >= 0.6 is 11.8 Å². The standard InChI is InChI=1S/C25H25N5O3S/c1-16-6-4-8-20(17(16)2)30-23(13-19-7-5-11-29(19)3)27-28-25(30)34-14-24(31)26-18-9-10-21-22(12-18)33-15-32-21/h4-12H,13-15H2,1-3H3,(H,26,31). The number of carbonyl (C=O) groups is 1. The van der Waals surface area contributed by atoms with Gasteiger partial charge in [-0.25, -0.2) is 0 Å². The number of nitrogens with one attached hydrogen (secondary N) is 1. The topological polar surface area (TPSA) is 83.2 Å². The number of thioether (sulfide) groups is 1. The van der Waals surface area contributed by atoms with Crippen LogP contribution in [0.25, 0.3) is 5.69 Å². The molecule has 0 spiro atoms. The molecule has 1 amide bonds. The molecule has 4 aromatic rings. The molecule has 0 saturated heterocycles. The third-order valence-electron chi connectivity index (χ3n) is 5.90. The molecule has 0 atom stereocenters. The van der Waals surface area contributed by atoms with Crippen molar-refractivity contribution in [3.8, 4) is 17.2 Å². The van der Waals surface area contributed by atoms with Gasteiger partial charge in [-0.1, -0.05) is 23.9 Å². The number of benzene rings is 2. The minimum atomic E-state index is -0.136. The summed E-state index contributed by atoms with van der Waals surface area (Å²) in [6.45, 7) is 4.38. The Hall–Kier alpha value is -3.72. The van der Waals surface area contributed by atoms with Crippen LogP contribution in [-0.4, -0.2) is 37.8 Å². The van der Waals surface area contributed by atoms with E-state index < -0.39 is 0 Å². The third kappa shape index (κ3) is 4.38. The molecule has 0 unspecified atom stereocenters. The Labute approximate surface area is 201 Å². The first-order chi connectivity index (χ1) is 16.5. The molecule has 0 saturated carbocycles. The predicted octanol–water partition coefficient (Wildman–Crippen LogP) is 4.27. The van der Waals surface area contributed by atoms with Gasteiger partial charge in [-0.3, -0.25) is 9.36 Å². The highest BCUT2D eigenvalue weighted by Gasteiger charge is 2.19. The summed E-state index contributed by atoms with van der Waals surface area (Å²) in [6.07, 6.45) is 2.65. The maximum Gasteiger partial charge on any atom is 0.234 e. The number of ether oxygens (including phenoxy) is 2. The molecule has 0 aliphatic carbocycles. The van der Waals surface area contributed by atoms with Gasteiger partial charge >= 0.3 is 0 Å². The van der Waals surface area contributed by atoms with Gasteiger partial charge in [-0.15, -0.1) is 10.2 Å². The number of nitrogens with zero attached hydrogens (tertiary/aromatic N) is 4. The molecule has 2 aromatic carbocycles. The van der Waals surface area contributed by atoms with Gasteiger partial charge in [0.05, 0.1) is 11.4 Å². The summed E-state index contributed by atoms with van der Waals surface area (Å²) in [7, 11) is 2.02. The van der Waals surface area contributed by atoms with E-state index in [9.17, 15) is 4.79 Å². The maximum absolute atomic E-state index is 12.7. The molecule has 0 bridgehead atoms. The van der Waals surface area contributed by atoms with Crippen LogP contribution in [0.5, 0.6) is 11.5 Å². The Balaban J connectivity index is 1.38. The Kier molecular flexibility index (Phi) is 6.02. The number of amides is 1. The average molecular weight is 476 g/mol. The highest BCUT2D eigenvalue weighted by atomic mass is 32.2. The Morgan fingerprint density at radius 2 is 1.94 bits per heavy atom. The van der Waals surface area contributed by atoms with Crippen LogP contribution in [-0.2, 0) is 18.3 Å². The fraction of sp³-hybridized carbons (Fsp3) is 0.240. The second-order valence-electron chi connectivity index (χ2n) is 8.15. The molecular formula is C25H25N5O3S. The summed E-state index contributed by atoms with van der Waals surface area (Å²) in [5, 5.41) is 12.5. The molecule has 8 nitrogen and oxygen atoms in total. The van der Waals surface area contributed by atoms with Crippen molar-refractivity contribution >= 4 is 23.4 Å². The SMILES string of the molecule is Cc1cccc(-n2c(Cc3cccn3C)nnc2SCC(=O)Nc2ccc3c(c2)OCO3)c1C. The maximum atomic E-state index is 12.7. The van der Waals surface area contributed by atoms with E-state index in [-0.39, 0.29) is 18.5 Å². The van der Waals surface area contributed by atoms with Crippen molar-refractivity contribution in [3.63, 3.8) is 0 Å². The summed E-state index contributed by atoms with van der Waals surface area (Å²) in [6, 6.07) is 15.6. The van der Waals surface area contributed by atoms with Crippen LogP contribution in [0.15, 0.2) is 59.9 Å². The number of fused-ring (bicyclic) bond motifs is 1. The summed E-state index contributed by atoms with van der Waals surface area (Å²) < 4.78 is 14.9. The van der Waals surface area contributed by atoms with E-state index in [1.165, 1.54) is 17.3 Å². The summed E-state index contributed by atoms with van der Waals surface area (Å²) in [4.78, 5) is 12.7. The van der Waals surface area contributed by atoms with Gasteiger partial charge in [0, 0.05) is 37.1 Å². The number of aromatic nitrogens is 4. The molecule has 9 heteroatoms. The zero-order valence-electron chi connectivity index (χ0n) is 19.2. The van der Waals surface area contributed by atoms with Gasteiger partial charge in [0.2, 0.25) is 12.7 Å². The van der Waals surface area contributed by atoms with Crippen molar-refractivity contribution < 1.29 is 14.3 Å². The van der Waals surface area contributed by atoms with Gasteiger partial charge in [0.1, 0.15) is 5.82 Å². The molecule has 1 aliphatic heterocycles. The molecule has 0 fully saturated rings. The number of hydrogen-bond donors (Lipinski definition) is 1. The van der Waals surface area contributed by atoms with Gasteiger partial charge < -0.3 is 19.4 Å². The van der Waals surface area contributed by atoms with E-state index in [4.69, 9.17) is 9.47 Å². The zero-order valence-corrected chi connectivity index (χ0v) is 20.1. The van der Waals surface area contributed by atoms with Gasteiger partial charge in [0.15, 0.2) is 16.7 Å². The molecule has 1 aliphatic rings. The van der Waals surface area contributed by atoms with Crippen molar-refractivity contribution in [1.82, 2.24) is 19.3 Å². The van der Waals surface area contributed by atoms with Crippen molar-refractivity contribution in [1.29, 1.82) is 0 Å². The van der Waals surface area contributed by atoms with Gasteiger partial charge in [-0.05, 0) is 55.3 Å². The lowest BCUT2D eigenvalue weighted by Crippen LogP contribution is -2.15. The number of rotatable bonds is 7. The average Bonchev–Trinajstić information content (AvgIpc) is 3.55. The molecule has 1 N–H and O–H groups in total. The first-order valence-corrected chi connectivity index (χ1v) is 11.9. The number of hydrogen-bond acceptors (Lipinski definition) is 6. The van der Waals surface area contributed by atoms with E-state index >= 15 is 0 Å². The van der Waals surface area contributed by atoms with Gasteiger partial charge in [0.25, 0.3) is 0 Å². The lowest BCUT2D eigenvalue weighted by molar-refractivity contribution is -0.113. The monoisotopic (exact) mass is 475 g/mol. The first-order valence-electron chi connectivity index (χ1n) is 10.9. The highest BCUT2D eigenvalue weighted by Crippen LogP contribution is 2.34. The molecule has 34 heavy (non-hydrogen) atoms. The van der Waals surface area contributed by atoms with E-state index in [0.717, 1.165) is 22.8 Å². The fourth-order valence-electron chi connectivity index (χ4n) is 3.87. The van der Waals surface area contributed by atoms with Crippen molar-refractivity contribution in [3.05, 3.63) is 77.4 Å². The second-order valence-corrected chi connectivity index (χ2v) is 9.09. The first kappa shape index (κ1) is 22.1.